The van der Waals surface area contributed by atoms with Gasteiger partial charge in [0.15, 0.2) is 0 Å². The molecule has 3 aliphatic rings. The number of carbonyl (C=O) groups excluding carboxylic acids is 1. The third-order valence-corrected chi connectivity index (χ3v) is 11.2. The molecule has 0 unspecified atom stereocenters. The summed E-state index contributed by atoms with van der Waals surface area (Å²) in [5, 5.41) is 20.3. The number of aliphatic carboxylic acids is 1. The average Bonchev–Trinajstić information content (AvgIpc) is 3.92. The molecule has 278 valence electrons. The number of amides is 1. The minimum atomic E-state index is -0.775. The molecule has 13 heteroatoms. The summed E-state index contributed by atoms with van der Waals surface area (Å²) in [5.41, 5.74) is 7.26. The van der Waals surface area contributed by atoms with Crippen LogP contribution in [0.2, 0.25) is 10.0 Å². The molecule has 1 aliphatic heterocycles. The number of benzene rings is 2. The maximum Gasteiger partial charge on any atom is 0.308 e. The van der Waals surface area contributed by atoms with Crippen LogP contribution in [0.5, 0.6) is 17.6 Å². The second-order valence-corrected chi connectivity index (χ2v) is 14.6. The number of rotatable bonds is 14. The van der Waals surface area contributed by atoms with Crippen LogP contribution in [0.1, 0.15) is 66.9 Å². The van der Waals surface area contributed by atoms with E-state index in [-0.39, 0.29) is 30.0 Å². The summed E-state index contributed by atoms with van der Waals surface area (Å²) in [7, 11) is 3.16. The van der Waals surface area contributed by atoms with Crippen LogP contribution >= 0.6 is 23.2 Å². The molecular weight excluding hydrogens is 717 g/mol. The van der Waals surface area contributed by atoms with E-state index in [0.717, 1.165) is 71.0 Å². The second-order valence-electron chi connectivity index (χ2n) is 13.8. The van der Waals surface area contributed by atoms with Crippen LogP contribution in [-0.4, -0.2) is 59.8 Å². The lowest BCUT2D eigenvalue weighted by Gasteiger charge is -2.20. The van der Waals surface area contributed by atoms with Crippen molar-refractivity contribution in [2.24, 2.45) is 5.92 Å². The molecule has 4 aromatic rings. The molecule has 0 bridgehead atoms. The van der Waals surface area contributed by atoms with Gasteiger partial charge >= 0.3 is 5.97 Å². The van der Waals surface area contributed by atoms with Crippen LogP contribution in [-0.2, 0) is 29.1 Å². The summed E-state index contributed by atoms with van der Waals surface area (Å²) in [5.74, 6) is 0.0944. The average molecular weight is 761 g/mol. The van der Waals surface area contributed by atoms with Gasteiger partial charge in [0.05, 0.1) is 30.9 Å². The summed E-state index contributed by atoms with van der Waals surface area (Å²) in [6, 6.07) is 17.9. The van der Waals surface area contributed by atoms with E-state index in [1.807, 2.05) is 36.4 Å². The van der Waals surface area contributed by atoms with Crippen molar-refractivity contribution in [1.82, 2.24) is 25.9 Å². The van der Waals surface area contributed by atoms with Crippen LogP contribution in [0, 0.1) is 5.92 Å². The highest BCUT2D eigenvalue weighted by atomic mass is 35.5. The second kappa shape index (κ2) is 16.3. The number of carboxylic acid groups (broad SMARTS) is 1. The molecule has 11 nitrogen and oxygen atoms in total. The first-order valence-electron chi connectivity index (χ1n) is 18.0. The van der Waals surface area contributed by atoms with E-state index in [1.54, 1.807) is 20.3 Å². The highest BCUT2D eigenvalue weighted by Crippen LogP contribution is 2.45. The lowest BCUT2D eigenvalue weighted by molar-refractivity contribution is -0.142. The smallest absolute Gasteiger partial charge is 0.308 e. The summed E-state index contributed by atoms with van der Waals surface area (Å²) in [6.45, 7) is 1.62. The third kappa shape index (κ3) is 7.94. The Morgan fingerprint density at radius 2 is 1.66 bits per heavy atom. The molecule has 0 radical (unpaired) electrons. The van der Waals surface area contributed by atoms with Gasteiger partial charge in [0.2, 0.25) is 23.5 Å². The third-order valence-electron chi connectivity index (χ3n) is 10.5. The number of aromatic nitrogens is 2. The molecule has 53 heavy (non-hydrogen) atoms. The Hall–Kier alpha value is -4.42. The standard InChI is InChI=1S/C40H43Cl2N5O6/c1-51-37-22(19-43-21-24-13-17-35(48)45-24)12-15-33(46-37)29-9-4-8-28(36(29)42)25-6-3-7-27-26(25)14-16-34(27)53-39-31(41)18-23(38(47-39)52-2)20-44-32-11-5-10-30(32)40(49)50/h3-4,6-9,12,15,18,24,30,32,34,43-44H,5,10-11,13-14,16-17,19-21H2,1-2H3,(H,45,48)(H,49,50)/t24-,30-,32+,34-/m0/s1. The van der Waals surface area contributed by atoms with Gasteiger partial charge in [0.25, 0.3) is 0 Å². The minimum Gasteiger partial charge on any atom is -0.481 e. The number of pyridine rings is 2. The van der Waals surface area contributed by atoms with E-state index in [9.17, 15) is 14.7 Å². The monoisotopic (exact) mass is 759 g/mol. The van der Waals surface area contributed by atoms with Crippen molar-refractivity contribution in [2.75, 3.05) is 20.8 Å². The first kappa shape index (κ1) is 36.9. The van der Waals surface area contributed by atoms with Crippen LogP contribution < -0.4 is 30.2 Å². The van der Waals surface area contributed by atoms with Gasteiger partial charge in [-0.3, -0.25) is 9.59 Å². The molecule has 0 spiro atoms. The van der Waals surface area contributed by atoms with Crippen molar-refractivity contribution in [3.05, 3.63) is 86.9 Å². The molecular formula is C40H43Cl2N5O6. The van der Waals surface area contributed by atoms with Crippen molar-refractivity contribution in [3.8, 4) is 40.0 Å². The first-order valence-corrected chi connectivity index (χ1v) is 18.8. The number of hydrogen-bond acceptors (Lipinski definition) is 9. The lowest BCUT2D eigenvalue weighted by atomic mass is 9.94. The number of fused-ring (bicyclic) bond motifs is 1. The Morgan fingerprint density at radius 1 is 0.887 bits per heavy atom. The number of hydrogen-bond donors (Lipinski definition) is 4. The van der Waals surface area contributed by atoms with Crippen molar-refractivity contribution in [1.29, 1.82) is 0 Å². The lowest BCUT2D eigenvalue weighted by Crippen LogP contribution is -2.35. The molecule has 1 saturated heterocycles. The van der Waals surface area contributed by atoms with E-state index < -0.39 is 11.9 Å². The van der Waals surface area contributed by atoms with Gasteiger partial charge in [-0.2, -0.15) is 4.98 Å². The van der Waals surface area contributed by atoms with Gasteiger partial charge in [-0.15, -0.1) is 0 Å². The zero-order valence-electron chi connectivity index (χ0n) is 29.7. The molecule has 2 aromatic carbocycles. The van der Waals surface area contributed by atoms with Crippen molar-refractivity contribution >= 4 is 35.1 Å². The zero-order valence-corrected chi connectivity index (χ0v) is 31.2. The molecule has 1 amide bonds. The van der Waals surface area contributed by atoms with Gasteiger partial charge in [-0.25, -0.2) is 4.98 Å². The molecule has 2 fully saturated rings. The molecule has 2 aromatic heterocycles. The van der Waals surface area contributed by atoms with E-state index in [1.165, 1.54) is 0 Å². The number of methoxy groups -OCH3 is 2. The fourth-order valence-electron chi connectivity index (χ4n) is 7.83. The molecule has 7 rings (SSSR count). The number of carbonyl (C=O) groups is 2. The highest BCUT2D eigenvalue weighted by Gasteiger charge is 2.33. The maximum atomic E-state index is 11.6. The Morgan fingerprint density at radius 3 is 2.43 bits per heavy atom. The predicted octanol–water partition coefficient (Wildman–Crippen LogP) is 6.91. The number of nitrogens with one attached hydrogen (secondary N) is 3. The normalized spacial score (nSPS) is 20.6. The Labute approximate surface area is 318 Å². The zero-order chi connectivity index (χ0) is 37.1. The predicted molar refractivity (Wildman–Crippen MR) is 203 cm³/mol. The van der Waals surface area contributed by atoms with E-state index in [2.05, 4.69) is 33.1 Å². The largest absolute Gasteiger partial charge is 0.481 e. The van der Waals surface area contributed by atoms with Crippen LogP contribution in [0.3, 0.4) is 0 Å². The van der Waals surface area contributed by atoms with Crippen molar-refractivity contribution in [2.45, 2.75) is 76.2 Å². The van der Waals surface area contributed by atoms with Crippen LogP contribution in [0.4, 0.5) is 0 Å². The fourth-order valence-corrected chi connectivity index (χ4v) is 8.37. The summed E-state index contributed by atoms with van der Waals surface area (Å²) >= 11 is 13.9. The van der Waals surface area contributed by atoms with Crippen LogP contribution in [0.15, 0.2) is 54.6 Å². The topological polar surface area (TPSA) is 144 Å². The molecule has 4 N–H and O–H groups in total. The summed E-state index contributed by atoms with van der Waals surface area (Å²) in [6.07, 6.45) is 4.98. The van der Waals surface area contributed by atoms with E-state index in [4.69, 9.17) is 42.4 Å². The number of halogens is 2. The van der Waals surface area contributed by atoms with E-state index in [0.29, 0.717) is 60.0 Å². The van der Waals surface area contributed by atoms with Crippen LogP contribution in [0.25, 0.3) is 22.4 Å². The summed E-state index contributed by atoms with van der Waals surface area (Å²) in [4.78, 5) is 32.6. The molecule has 2 aliphatic carbocycles. The van der Waals surface area contributed by atoms with Gasteiger partial charge in [-0.1, -0.05) is 72.1 Å². The van der Waals surface area contributed by atoms with Gasteiger partial charge < -0.3 is 35.3 Å². The quantitative estimate of drug-likeness (QED) is 0.107. The summed E-state index contributed by atoms with van der Waals surface area (Å²) < 4.78 is 17.8. The maximum absolute atomic E-state index is 11.6. The van der Waals surface area contributed by atoms with E-state index >= 15 is 0 Å². The Kier molecular flexibility index (Phi) is 11.4. The number of ether oxygens (including phenoxy) is 3. The van der Waals surface area contributed by atoms with Gasteiger partial charge in [0, 0.05) is 60.4 Å². The fraction of sp³-hybridized carbons (Fsp3) is 0.400. The Bertz CT molecular complexity index is 2010. The number of nitrogens with zero attached hydrogens (tertiary/aromatic N) is 2. The van der Waals surface area contributed by atoms with Crippen molar-refractivity contribution in [3.63, 3.8) is 0 Å². The van der Waals surface area contributed by atoms with Gasteiger partial charge in [-0.05, 0) is 60.9 Å². The van der Waals surface area contributed by atoms with Crippen molar-refractivity contribution < 1.29 is 28.9 Å². The Balaban J connectivity index is 1.07. The molecule has 3 heterocycles. The SMILES string of the molecule is COc1nc(-c2cccc(-c3cccc4c3CC[C@@H]4Oc3nc(OC)c(CN[C@@H]4CCC[C@@H]4C(=O)O)cc3Cl)c2Cl)ccc1CNC[C@@H]1CCC(=O)N1. The molecule has 4 atom stereocenters. The van der Waals surface area contributed by atoms with Gasteiger partial charge in [0.1, 0.15) is 11.1 Å². The minimum absolute atomic E-state index is 0.0987. The highest BCUT2D eigenvalue weighted by molar-refractivity contribution is 6.36. The first-order chi connectivity index (χ1) is 25.7. The molecule has 1 saturated carbocycles. The number of carboxylic acids is 1.